The predicted octanol–water partition coefficient (Wildman–Crippen LogP) is 1.30. The van der Waals surface area contributed by atoms with Crippen molar-refractivity contribution in [3.63, 3.8) is 0 Å². The zero-order chi connectivity index (χ0) is 11.5. The summed E-state index contributed by atoms with van der Waals surface area (Å²) in [6.07, 6.45) is -0.0243. The van der Waals surface area contributed by atoms with Gasteiger partial charge < -0.3 is 10.0 Å². The van der Waals surface area contributed by atoms with Crippen molar-refractivity contribution in [2.45, 2.75) is 13.1 Å². The van der Waals surface area contributed by atoms with Crippen molar-refractivity contribution in [3.8, 4) is 5.75 Å². The molecular formula is C11H13N3OS. The van der Waals surface area contributed by atoms with Gasteiger partial charge in [0.1, 0.15) is 11.9 Å². The van der Waals surface area contributed by atoms with Gasteiger partial charge in [-0.2, -0.15) is 5.10 Å². The van der Waals surface area contributed by atoms with E-state index in [0.717, 1.165) is 17.9 Å². The van der Waals surface area contributed by atoms with Crippen LogP contribution in [0.4, 0.5) is 0 Å². The predicted molar refractivity (Wildman–Crippen MR) is 67.6 cm³/mol. The highest BCUT2D eigenvalue weighted by molar-refractivity contribution is 7.79. The fourth-order valence-electron chi connectivity index (χ4n) is 1.68. The molecule has 1 atom stereocenters. The van der Waals surface area contributed by atoms with E-state index in [2.05, 4.69) is 22.4 Å². The molecule has 1 aromatic carbocycles. The third-order valence-electron chi connectivity index (χ3n) is 2.51. The van der Waals surface area contributed by atoms with Crippen molar-refractivity contribution < 1.29 is 5.11 Å². The zero-order valence-corrected chi connectivity index (χ0v) is 9.74. The first-order chi connectivity index (χ1) is 7.76. The number of thiocarbonyl (C=S) groups is 1. The molecule has 1 heterocycles. The molecule has 1 aromatic rings. The molecule has 0 fully saturated rings. The highest BCUT2D eigenvalue weighted by atomic mass is 32.1. The number of hydrogen-bond acceptors (Lipinski definition) is 5. The minimum Gasteiger partial charge on any atom is -0.508 e. The second-order valence-electron chi connectivity index (χ2n) is 3.48. The second-order valence-corrected chi connectivity index (χ2v) is 3.75. The van der Waals surface area contributed by atoms with Gasteiger partial charge in [-0.15, -0.1) is 0 Å². The first-order valence-corrected chi connectivity index (χ1v) is 5.58. The molecule has 0 radical (unpaired) electrons. The Hall–Kier alpha value is -1.62. The average Bonchev–Trinajstić information content (AvgIpc) is 2.72. The van der Waals surface area contributed by atoms with Crippen LogP contribution < -0.4 is 5.43 Å². The van der Waals surface area contributed by atoms with E-state index in [4.69, 9.17) is 12.2 Å². The van der Waals surface area contributed by atoms with Crippen molar-refractivity contribution >= 4 is 23.4 Å². The molecule has 84 valence electrons. The van der Waals surface area contributed by atoms with Crippen molar-refractivity contribution in [1.82, 2.24) is 10.3 Å². The summed E-state index contributed by atoms with van der Waals surface area (Å²) in [7, 11) is 0. The van der Waals surface area contributed by atoms with Crippen LogP contribution in [-0.2, 0) is 0 Å². The summed E-state index contributed by atoms with van der Waals surface area (Å²) in [4.78, 5) is 2.07. The van der Waals surface area contributed by atoms with E-state index >= 15 is 0 Å². The number of rotatable bonds is 3. The first-order valence-electron chi connectivity index (χ1n) is 5.11. The lowest BCUT2D eigenvalue weighted by Gasteiger charge is -2.22. The zero-order valence-electron chi connectivity index (χ0n) is 8.92. The topological polar surface area (TPSA) is 47.9 Å². The Morgan fingerprint density at radius 3 is 2.75 bits per heavy atom. The summed E-state index contributed by atoms with van der Waals surface area (Å²) >= 11 is 4.94. The summed E-state index contributed by atoms with van der Waals surface area (Å²) in [5.74, 6) is 1.11. The molecule has 4 nitrogen and oxygen atoms in total. The quantitative estimate of drug-likeness (QED) is 0.775. The van der Waals surface area contributed by atoms with Crippen LogP contribution >= 0.6 is 12.2 Å². The van der Waals surface area contributed by atoms with Crippen molar-refractivity contribution in [2.75, 3.05) is 6.54 Å². The van der Waals surface area contributed by atoms with Crippen LogP contribution in [-0.4, -0.2) is 33.9 Å². The Labute approximate surface area is 99.6 Å². The third kappa shape index (κ3) is 1.86. The lowest BCUT2D eigenvalue weighted by atomic mass is 10.2. The summed E-state index contributed by atoms with van der Waals surface area (Å²) in [5, 5.41) is 15.1. The van der Waals surface area contributed by atoms with Crippen molar-refractivity contribution in [2.24, 2.45) is 5.10 Å². The Bertz CT molecular complexity index is 416. The smallest absolute Gasteiger partial charge is 0.157 e. The van der Waals surface area contributed by atoms with Crippen LogP contribution in [0.25, 0.3) is 0 Å². The van der Waals surface area contributed by atoms with Crippen LogP contribution in [0.5, 0.6) is 5.75 Å². The number of nitrogens with zero attached hydrogens (tertiary/aromatic N) is 2. The van der Waals surface area contributed by atoms with E-state index in [1.54, 1.807) is 17.5 Å². The maximum Gasteiger partial charge on any atom is 0.157 e. The third-order valence-corrected chi connectivity index (χ3v) is 2.76. The maximum absolute atomic E-state index is 9.23. The number of nitrogens with one attached hydrogen (secondary N) is 1. The Kier molecular flexibility index (Phi) is 3.05. The van der Waals surface area contributed by atoms with E-state index in [1.165, 1.54) is 0 Å². The van der Waals surface area contributed by atoms with Crippen LogP contribution in [0.15, 0.2) is 29.4 Å². The summed E-state index contributed by atoms with van der Waals surface area (Å²) < 4.78 is 0. The molecule has 2 rings (SSSR count). The van der Waals surface area contributed by atoms with Gasteiger partial charge in [-0.05, 0) is 31.2 Å². The van der Waals surface area contributed by atoms with Gasteiger partial charge in [-0.25, -0.2) is 0 Å². The number of amidine groups is 1. The van der Waals surface area contributed by atoms with Crippen LogP contribution in [0.1, 0.15) is 12.5 Å². The number of phenols is 1. The molecule has 0 saturated carbocycles. The van der Waals surface area contributed by atoms with Gasteiger partial charge >= 0.3 is 0 Å². The molecule has 0 aromatic heterocycles. The lowest BCUT2D eigenvalue weighted by Crippen LogP contribution is -2.40. The Balaban J connectivity index is 2.27. The Morgan fingerprint density at radius 1 is 1.50 bits per heavy atom. The molecular weight excluding hydrogens is 222 g/mol. The second kappa shape index (κ2) is 4.49. The highest BCUT2D eigenvalue weighted by Gasteiger charge is 2.25. The van der Waals surface area contributed by atoms with E-state index in [0.29, 0.717) is 0 Å². The van der Waals surface area contributed by atoms with Gasteiger partial charge in [0.2, 0.25) is 0 Å². The van der Waals surface area contributed by atoms with Gasteiger partial charge in [0.15, 0.2) is 5.84 Å². The van der Waals surface area contributed by atoms with Crippen molar-refractivity contribution in [1.29, 1.82) is 0 Å². The molecule has 5 heteroatoms. The molecule has 2 N–H and O–H groups in total. The summed E-state index contributed by atoms with van der Waals surface area (Å²) in [6.45, 7) is 2.87. The minimum atomic E-state index is -0.0243. The molecule has 0 bridgehead atoms. The number of aromatic hydroxyl groups is 1. The number of hydrazone groups is 1. The Morgan fingerprint density at radius 2 is 2.19 bits per heavy atom. The van der Waals surface area contributed by atoms with Gasteiger partial charge in [0.25, 0.3) is 0 Å². The van der Waals surface area contributed by atoms with Gasteiger partial charge in [0, 0.05) is 17.5 Å². The first kappa shape index (κ1) is 10.9. The number of benzene rings is 1. The number of hydrogen-bond donors (Lipinski definition) is 2. The highest BCUT2D eigenvalue weighted by Crippen LogP contribution is 2.15. The monoisotopic (exact) mass is 235 g/mol. The minimum absolute atomic E-state index is 0.0243. The molecule has 0 amide bonds. The molecule has 16 heavy (non-hydrogen) atoms. The maximum atomic E-state index is 9.23. The standard InChI is InChI=1S/C11H13N3OS/c1-2-14-10(7-16)12-13-11(14)8-3-5-9(15)6-4-8/h3-7,10,12,15H,2H2,1H3. The van der Waals surface area contributed by atoms with E-state index in [1.807, 2.05) is 12.1 Å². The van der Waals surface area contributed by atoms with Crippen molar-refractivity contribution in [3.05, 3.63) is 29.8 Å². The van der Waals surface area contributed by atoms with E-state index < -0.39 is 0 Å². The van der Waals surface area contributed by atoms with Gasteiger partial charge in [-0.1, -0.05) is 12.2 Å². The van der Waals surface area contributed by atoms with Crippen LogP contribution in [0.3, 0.4) is 0 Å². The normalized spacial score (nSPS) is 19.2. The van der Waals surface area contributed by atoms with Crippen LogP contribution in [0.2, 0.25) is 0 Å². The molecule has 0 aliphatic carbocycles. The van der Waals surface area contributed by atoms with Gasteiger partial charge in [0.05, 0.1) is 0 Å². The fourth-order valence-corrected chi connectivity index (χ4v) is 1.89. The molecule has 1 aliphatic rings. The molecule has 1 unspecified atom stereocenters. The van der Waals surface area contributed by atoms with Crippen LogP contribution in [0, 0.1) is 0 Å². The molecule has 0 saturated heterocycles. The largest absolute Gasteiger partial charge is 0.508 e. The summed E-state index contributed by atoms with van der Waals surface area (Å²) in [6, 6.07) is 6.97. The summed E-state index contributed by atoms with van der Waals surface area (Å²) in [5.41, 5.74) is 3.93. The SMILES string of the molecule is CCN1C(c2ccc(O)cc2)=NNC1C=S. The van der Waals surface area contributed by atoms with E-state index in [-0.39, 0.29) is 11.9 Å². The molecule has 1 aliphatic heterocycles. The average molecular weight is 235 g/mol. The van der Waals surface area contributed by atoms with E-state index in [9.17, 15) is 5.11 Å². The fraction of sp³-hybridized carbons (Fsp3) is 0.273. The number of phenolic OH excluding ortho intramolecular Hbond substituents is 1. The lowest BCUT2D eigenvalue weighted by molar-refractivity contribution is 0.396. The van der Waals surface area contributed by atoms with Gasteiger partial charge in [-0.3, -0.25) is 5.43 Å². The molecule has 0 spiro atoms.